The number of hydrogen-bond acceptors (Lipinski definition) is 19. The summed E-state index contributed by atoms with van der Waals surface area (Å²) in [6.07, 6.45) is 0.583. The number of pyridine rings is 1. The normalized spacial score (nSPS) is 39.3. The first kappa shape index (κ1) is 62.3. The monoisotopic (exact) mass is 1060 g/mol. The van der Waals surface area contributed by atoms with E-state index in [0.717, 1.165) is 18.4 Å². The molecule has 1 unspecified atom stereocenters. The number of carbonyl (C=O) groups is 3. The first-order chi connectivity index (χ1) is 35.3. The quantitative estimate of drug-likeness (QED) is 0.0493. The lowest BCUT2D eigenvalue weighted by Crippen LogP contribution is -2.62. The molecule has 20 heteroatoms. The van der Waals surface area contributed by atoms with Crippen molar-refractivity contribution in [1.82, 2.24) is 20.7 Å². The Balaban J connectivity index is 1.59. The van der Waals surface area contributed by atoms with Crippen LogP contribution < -0.4 is 10.9 Å². The number of esters is 2. The van der Waals surface area contributed by atoms with Gasteiger partial charge in [-0.15, -0.1) is 0 Å². The van der Waals surface area contributed by atoms with E-state index in [2.05, 4.69) is 21.0 Å². The maximum Gasteiger partial charge on any atom is 0.422 e. The second-order valence-corrected chi connectivity index (χ2v) is 22.9. The summed E-state index contributed by atoms with van der Waals surface area (Å²) in [6, 6.07) is 3.22. The molecular formula is C55H93N5O15. The van der Waals surface area contributed by atoms with Gasteiger partial charge in [-0.1, -0.05) is 71.0 Å². The number of nitrogens with one attached hydrogen (secondary N) is 2. The van der Waals surface area contributed by atoms with Crippen LogP contribution in [0.1, 0.15) is 152 Å². The lowest BCUT2D eigenvalue weighted by atomic mass is 9.73. The molecule has 3 saturated heterocycles. The molecule has 4 aliphatic rings. The minimum Gasteiger partial charge on any atom is -0.459 e. The van der Waals surface area contributed by atoms with Gasteiger partial charge in [0.1, 0.15) is 23.9 Å². The molecule has 1 aliphatic carbocycles. The van der Waals surface area contributed by atoms with Crippen LogP contribution in [0.4, 0.5) is 4.79 Å². The Morgan fingerprint density at radius 1 is 0.947 bits per heavy atom. The second-order valence-electron chi connectivity index (χ2n) is 22.9. The van der Waals surface area contributed by atoms with E-state index >= 15 is 0 Å². The summed E-state index contributed by atoms with van der Waals surface area (Å²) >= 11 is 0. The zero-order valence-electron chi connectivity index (χ0n) is 47.3. The number of carbonyl (C=O) groups excluding carboxylic acids is 3. The lowest BCUT2D eigenvalue weighted by Gasteiger charge is -2.49. The molecule has 0 bridgehead atoms. The van der Waals surface area contributed by atoms with Gasteiger partial charge in [-0.05, 0) is 105 Å². The van der Waals surface area contributed by atoms with Gasteiger partial charge in [-0.3, -0.25) is 20.0 Å². The highest BCUT2D eigenvalue weighted by molar-refractivity contribution is 5.88. The molecule has 5 N–H and O–H groups in total. The van der Waals surface area contributed by atoms with Gasteiger partial charge in [0.25, 0.3) is 0 Å². The lowest BCUT2D eigenvalue weighted by molar-refractivity contribution is -0.318. The summed E-state index contributed by atoms with van der Waals surface area (Å²) in [6.45, 7) is 19.2. The average molecular weight is 1060 g/mol. The van der Waals surface area contributed by atoms with Crippen LogP contribution in [0.5, 0.6) is 0 Å². The molecule has 4 fully saturated rings. The van der Waals surface area contributed by atoms with E-state index in [1.165, 1.54) is 53.1 Å². The largest absolute Gasteiger partial charge is 0.459 e. The van der Waals surface area contributed by atoms with E-state index in [9.17, 15) is 29.7 Å². The summed E-state index contributed by atoms with van der Waals surface area (Å²) in [5.74, 6) is -4.17. The van der Waals surface area contributed by atoms with Gasteiger partial charge in [0.15, 0.2) is 24.8 Å². The maximum atomic E-state index is 14.8. The Labute approximate surface area is 445 Å². The highest BCUT2D eigenvalue weighted by atomic mass is 16.7. The number of rotatable bonds is 17. The number of methoxy groups -OCH3 is 1. The Hall–Kier alpha value is -3.57. The molecule has 428 valence electrons. The third-order valence-electron chi connectivity index (χ3n) is 16.3. The van der Waals surface area contributed by atoms with Crippen molar-refractivity contribution >= 4 is 23.7 Å². The number of ether oxygens (including phenoxy) is 8. The fraction of sp³-hybridized carbons (Fsp3) is 0.836. The predicted molar refractivity (Wildman–Crippen MR) is 278 cm³/mol. The van der Waals surface area contributed by atoms with Gasteiger partial charge in [0.05, 0.1) is 53.8 Å². The SMILES string of the molecule is CC[C@@H]1OC(=O)[C@H](C)[C@@H](O[C@H]2C[C@@](C)(OC)[C@@H](OC(C)=O)[C@H](C)O2)[C@H](C)[C@@H](O[C@@H]2O[C@H](C)C[C@H](N(C)C)[C@H]2OC(=O)NNCc2cccnc2)C(C)(O)C[C@@H](C)/C(=N\OCCCC2CCCCC2)[C@@H](C)[C@@H](O)[C@]1(C)O. The molecule has 3 aliphatic heterocycles. The molecule has 1 amide bonds. The Kier molecular flexibility index (Phi) is 23.1. The number of aromatic nitrogens is 1. The topological polar surface area (TPSA) is 248 Å². The number of hydrazine groups is 1. The number of oxime groups is 1. The van der Waals surface area contributed by atoms with Crippen molar-refractivity contribution in [2.24, 2.45) is 34.7 Å². The molecule has 75 heavy (non-hydrogen) atoms. The Morgan fingerprint density at radius 3 is 2.28 bits per heavy atom. The smallest absolute Gasteiger partial charge is 0.422 e. The number of amides is 1. The van der Waals surface area contributed by atoms with Crippen molar-refractivity contribution in [3.05, 3.63) is 30.1 Å². The summed E-state index contributed by atoms with van der Waals surface area (Å²) < 4.78 is 51.2. The number of hydrogen-bond donors (Lipinski definition) is 5. The predicted octanol–water partition coefficient (Wildman–Crippen LogP) is 6.35. The fourth-order valence-electron chi connectivity index (χ4n) is 12.0. The first-order valence-corrected chi connectivity index (χ1v) is 27.4. The van der Waals surface area contributed by atoms with E-state index in [1.807, 2.05) is 38.9 Å². The molecule has 0 aromatic carbocycles. The molecule has 1 saturated carbocycles. The van der Waals surface area contributed by atoms with Crippen LogP contribution in [0.25, 0.3) is 0 Å². The van der Waals surface area contributed by atoms with E-state index in [0.29, 0.717) is 24.7 Å². The van der Waals surface area contributed by atoms with Gasteiger partial charge in [0.2, 0.25) is 0 Å². The van der Waals surface area contributed by atoms with Crippen LogP contribution in [-0.4, -0.2) is 161 Å². The van der Waals surface area contributed by atoms with Gasteiger partial charge in [-0.25, -0.2) is 10.2 Å². The molecule has 0 spiro atoms. The van der Waals surface area contributed by atoms with Crippen molar-refractivity contribution in [3.63, 3.8) is 0 Å². The molecular weight excluding hydrogens is 971 g/mol. The molecule has 1 aromatic rings. The third-order valence-corrected chi connectivity index (χ3v) is 16.3. The van der Waals surface area contributed by atoms with Gasteiger partial charge in [0, 0.05) is 57.1 Å². The Bertz CT molecular complexity index is 1970. The van der Waals surface area contributed by atoms with Crippen LogP contribution >= 0.6 is 0 Å². The molecule has 20 nitrogen and oxygen atoms in total. The van der Waals surface area contributed by atoms with Crippen molar-refractivity contribution in [2.45, 2.75) is 238 Å². The maximum absolute atomic E-state index is 14.8. The van der Waals surface area contributed by atoms with E-state index in [1.54, 1.807) is 66.9 Å². The summed E-state index contributed by atoms with van der Waals surface area (Å²) in [4.78, 5) is 52.9. The summed E-state index contributed by atoms with van der Waals surface area (Å²) in [7, 11) is 5.24. The average Bonchev–Trinajstić information content (AvgIpc) is 3.35. The van der Waals surface area contributed by atoms with Crippen LogP contribution in [0, 0.1) is 29.6 Å². The number of cyclic esters (lactones) is 1. The van der Waals surface area contributed by atoms with E-state index < -0.39 is 126 Å². The van der Waals surface area contributed by atoms with Crippen molar-refractivity contribution < 1.29 is 72.4 Å². The van der Waals surface area contributed by atoms with Crippen molar-refractivity contribution in [3.8, 4) is 0 Å². The van der Waals surface area contributed by atoms with Crippen LogP contribution in [0.3, 0.4) is 0 Å². The highest BCUT2D eigenvalue weighted by Gasteiger charge is 2.55. The summed E-state index contributed by atoms with van der Waals surface area (Å²) in [5, 5.41) is 42.5. The zero-order valence-corrected chi connectivity index (χ0v) is 47.3. The van der Waals surface area contributed by atoms with Crippen molar-refractivity contribution in [1.29, 1.82) is 0 Å². The number of nitrogens with zero attached hydrogens (tertiary/aromatic N) is 3. The minimum atomic E-state index is -1.98. The summed E-state index contributed by atoms with van der Waals surface area (Å²) in [5.41, 5.74) is 1.79. The van der Waals surface area contributed by atoms with Crippen LogP contribution in [-0.2, 0) is 58.9 Å². The van der Waals surface area contributed by atoms with Crippen molar-refractivity contribution in [2.75, 3.05) is 27.8 Å². The van der Waals surface area contributed by atoms with E-state index in [-0.39, 0.29) is 25.8 Å². The molecule has 4 heterocycles. The molecule has 0 radical (unpaired) electrons. The van der Waals surface area contributed by atoms with Gasteiger partial charge in [-0.2, -0.15) is 0 Å². The fourth-order valence-corrected chi connectivity index (χ4v) is 12.0. The number of likely N-dealkylation sites (N-methyl/N-ethyl adjacent to an activating group) is 1. The molecule has 18 atom stereocenters. The Morgan fingerprint density at radius 2 is 1.65 bits per heavy atom. The zero-order chi connectivity index (χ0) is 55.4. The highest BCUT2D eigenvalue weighted by Crippen LogP contribution is 2.42. The molecule has 5 rings (SSSR count). The van der Waals surface area contributed by atoms with E-state index in [4.69, 9.17) is 42.7 Å². The third kappa shape index (κ3) is 16.5. The second kappa shape index (κ2) is 27.8. The first-order valence-electron chi connectivity index (χ1n) is 27.4. The minimum absolute atomic E-state index is 0.0410. The number of aliphatic hydroxyl groups is 3. The van der Waals surface area contributed by atoms with Crippen LogP contribution in [0.2, 0.25) is 0 Å². The van der Waals surface area contributed by atoms with Gasteiger partial charge >= 0.3 is 18.0 Å². The van der Waals surface area contributed by atoms with Gasteiger partial charge < -0.3 is 63.0 Å². The molecule has 1 aromatic heterocycles. The standard InChI is InChI=1S/C55H93N5O15/c1-15-42-55(11,66)47(62)34(4)44(59-68-26-20-24-39-21-17-16-18-22-39)32(2)28-53(9,65)48(35(5)45(36(6)50(63)72-42)73-43-29-54(10,67-14)49(37(7)70-43)71-38(8)61)75-51-46(41(60(12)13)27-33(3)69-51)74-52(64)58-57-31-40-23-19-25-56-30-40/h19,23,25,30,32-37,39,41-43,45-49,51,57,62,65-66H,15-18,20-22,24,26-29,31H2,1-14H3,(H,58,64)/b59-44+/t32-,33-,34-,35+,36-,37+,41+,42+,43+,45+,46-,47-,48-,49+,51+,53?,54-,55-/m1/s1. The number of aliphatic hydroxyl groups excluding tert-OH is 1. The van der Waals surface area contributed by atoms with Crippen LogP contribution in [0.15, 0.2) is 29.7 Å².